The molecule has 1 atom stereocenters. The summed E-state index contributed by atoms with van der Waals surface area (Å²) in [6.45, 7) is 3.65. The van der Waals surface area contributed by atoms with Crippen LogP contribution in [-0.4, -0.2) is 53.7 Å². The summed E-state index contributed by atoms with van der Waals surface area (Å²) in [4.78, 5) is 40.6. The Kier molecular flexibility index (Phi) is 8.21. The lowest BCUT2D eigenvalue weighted by molar-refractivity contribution is -0.140. The Bertz CT molecular complexity index is 862. The van der Waals surface area contributed by atoms with E-state index in [1.165, 1.54) is 12.5 Å². The second-order valence-corrected chi connectivity index (χ2v) is 7.97. The molecule has 3 amide bonds. The molecule has 6 nitrogen and oxygen atoms in total. The van der Waals surface area contributed by atoms with E-state index < -0.39 is 0 Å². The van der Waals surface area contributed by atoms with Crippen LogP contribution < -0.4 is 5.32 Å². The Morgan fingerprint density at radius 3 is 1.97 bits per heavy atom. The molecule has 0 bridgehead atoms. The summed E-state index contributed by atoms with van der Waals surface area (Å²) in [5.41, 5.74) is 2.16. The van der Waals surface area contributed by atoms with Crippen molar-refractivity contribution in [1.82, 2.24) is 15.1 Å². The van der Waals surface area contributed by atoms with Crippen molar-refractivity contribution in [3.05, 3.63) is 71.8 Å². The maximum absolute atomic E-state index is 12.8. The normalized spacial score (nSPS) is 14.7. The van der Waals surface area contributed by atoms with Crippen molar-refractivity contribution in [1.29, 1.82) is 0 Å². The third-order valence-corrected chi connectivity index (χ3v) is 5.64. The van der Waals surface area contributed by atoms with E-state index in [0.29, 0.717) is 32.6 Å². The van der Waals surface area contributed by atoms with Gasteiger partial charge in [-0.2, -0.15) is 0 Å². The van der Waals surface area contributed by atoms with E-state index in [2.05, 4.69) is 17.4 Å². The second-order valence-electron chi connectivity index (χ2n) is 7.97. The third kappa shape index (κ3) is 6.95. The van der Waals surface area contributed by atoms with Crippen LogP contribution in [-0.2, 0) is 20.8 Å². The highest BCUT2D eigenvalue weighted by Gasteiger charge is 2.26. The molecule has 2 aromatic carbocycles. The van der Waals surface area contributed by atoms with Gasteiger partial charge in [-0.15, -0.1) is 0 Å². The molecular weight excluding hydrogens is 390 g/mol. The Morgan fingerprint density at radius 1 is 0.839 bits per heavy atom. The van der Waals surface area contributed by atoms with Gasteiger partial charge in [-0.3, -0.25) is 14.4 Å². The topological polar surface area (TPSA) is 69.7 Å². The highest BCUT2D eigenvalue weighted by Crippen LogP contribution is 2.19. The Hall–Kier alpha value is -3.15. The monoisotopic (exact) mass is 421 g/mol. The quantitative estimate of drug-likeness (QED) is 0.713. The maximum Gasteiger partial charge on any atom is 0.225 e. The molecule has 6 heteroatoms. The number of benzene rings is 2. The molecule has 0 aromatic heterocycles. The van der Waals surface area contributed by atoms with E-state index in [1.807, 2.05) is 53.4 Å². The van der Waals surface area contributed by atoms with E-state index in [-0.39, 0.29) is 30.2 Å². The molecule has 0 radical (unpaired) electrons. The van der Waals surface area contributed by atoms with Gasteiger partial charge in [-0.1, -0.05) is 60.7 Å². The van der Waals surface area contributed by atoms with E-state index in [4.69, 9.17) is 0 Å². The standard InChI is InChI=1S/C25H31N3O3/c1-20(29)26-23(22-12-6-3-7-13-22)19-25(31)28-17-15-27(16-18-28)24(30)14-8-11-21-9-4-2-5-10-21/h2-7,9-10,12-13,23H,8,11,14-19H2,1H3,(H,26,29). The minimum absolute atomic E-state index is 0.00113. The average Bonchev–Trinajstić information content (AvgIpc) is 2.79. The van der Waals surface area contributed by atoms with Crippen molar-refractivity contribution in [3.8, 4) is 0 Å². The van der Waals surface area contributed by atoms with Crippen LogP contribution in [0.2, 0.25) is 0 Å². The van der Waals surface area contributed by atoms with Gasteiger partial charge in [0, 0.05) is 39.5 Å². The Morgan fingerprint density at radius 2 is 1.39 bits per heavy atom. The maximum atomic E-state index is 12.8. The predicted molar refractivity (Wildman–Crippen MR) is 120 cm³/mol. The molecule has 1 aliphatic rings. The molecule has 31 heavy (non-hydrogen) atoms. The molecule has 1 heterocycles. The number of amides is 3. The lowest BCUT2D eigenvalue weighted by atomic mass is 10.0. The zero-order valence-corrected chi connectivity index (χ0v) is 18.1. The predicted octanol–water partition coefficient (Wildman–Crippen LogP) is 2.95. The van der Waals surface area contributed by atoms with E-state index in [0.717, 1.165) is 18.4 Å². The van der Waals surface area contributed by atoms with E-state index in [1.54, 1.807) is 4.90 Å². The Balaban J connectivity index is 1.45. The summed E-state index contributed by atoms with van der Waals surface area (Å²) in [6, 6.07) is 19.4. The molecule has 2 aromatic rings. The van der Waals surface area contributed by atoms with Gasteiger partial charge in [0.15, 0.2) is 0 Å². The van der Waals surface area contributed by atoms with Gasteiger partial charge in [-0.05, 0) is 24.0 Å². The van der Waals surface area contributed by atoms with Crippen LogP contribution >= 0.6 is 0 Å². The minimum Gasteiger partial charge on any atom is -0.349 e. The minimum atomic E-state index is -0.344. The molecule has 0 spiro atoms. The number of hydrogen-bond donors (Lipinski definition) is 1. The van der Waals surface area contributed by atoms with Crippen molar-refractivity contribution in [2.45, 2.75) is 38.6 Å². The fraction of sp³-hybridized carbons (Fsp3) is 0.400. The van der Waals surface area contributed by atoms with Crippen molar-refractivity contribution in [2.24, 2.45) is 0 Å². The molecule has 1 N–H and O–H groups in total. The SMILES string of the molecule is CC(=O)NC(CC(=O)N1CCN(C(=O)CCCc2ccccc2)CC1)c1ccccc1. The fourth-order valence-electron chi connectivity index (χ4n) is 3.94. The number of hydrogen-bond acceptors (Lipinski definition) is 3. The van der Waals surface area contributed by atoms with Crippen molar-refractivity contribution in [2.75, 3.05) is 26.2 Å². The van der Waals surface area contributed by atoms with Crippen molar-refractivity contribution >= 4 is 17.7 Å². The summed E-state index contributed by atoms with van der Waals surface area (Å²) >= 11 is 0. The van der Waals surface area contributed by atoms with Gasteiger partial charge in [0.2, 0.25) is 17.7 Å². The number of nitrogens with one attached hydrogen (secondary N) is 1. The van der Waals surface area contributed by atoms with Gasteiger partial charge in [0.1, 0.15) is 0 Å². The zero-order valence-electron chi connectivity index (χ0n) is 18.1. The molecule has 1 saturated heterocycles. The van der Waals surface area contributed by atoms with Gasteiger partial charge >= 0.3 is 0 Å². The lowest BCUT2D eigenvalue weighted by Gasteiger charge is -2.35. The van der Waals surface area contributed by atoms with Gasteiger partial charge in [0.05, 0.1) is 12.5 Å². The van der Waals surface area contributed by atoms with Crippen LogP contribution in [0.4, 0.5) is 0 Å². The van der Waals surface area contributed by atoms with E-state index >= 15 is 0 Å². The summed E-state index contributed by atoms with van der Waals surface area (Å²) in [6.07, 6.45) is 2.47. The molecule has 1 fully saturated rings. The Labute approximate surface area is 184 Å². The summed E-state index contributed by atoms with van der Waals surface area (Å²) in [5, 5.41) is 2.88. The first-order valence-electron chi connectivity index (χ1n) is 10.9. The van der Waals surface area contributed by atoms with Crippen LogP contribution in [0.15, 0.2) is 60.7 Å². The largest absolute Gasteiger partial charge is 0.349 e. The summed E-state index contributed by atoms with van der Waals surface area (Å²) in [7, 11) is 0. The summed E-state index contributed by atoms with van der Waals surface area (Å²) in [5.74, 6) is -0.00482. The number of rotatable bonds is 8. The number of aryl methyl sites for hydroxylation is 1. The highest BCUT2D eigenvalue weighted by molar-refractivity contribution is 5.80. The molecule has 1 aliphatic heterocycles. The van der Waals surface area contributed by atoms with Crippen molar-refractivity contribution in [3.63, 3.8) is 0 Å². The second kappa shape index (κ2) is 11.3. The molecular formula is C25H31N3O3. The number of carbonyl (C=O) groups excluding carboxylic acids is 3. The molecule has 3 rings (SSSR count). The molecule has 0 aliphatic carbocycles. The van der Waals surface area contributed by atoms with Crippen LogP contribution in [0, 0.1) is 0 Å². The number of nitrogens with zero attached hydrogens (tertiary/aromatic N) is 2. The summed E-state index contributed by atoms with van der Waals surface area (Å²) < 4.78 is 0. The van der Waals surface area contributed by atoms with Crippen LogP contribution in [0.1, 0.15) is 43.4 Å². The fourth-order valence-corrected chi connectivity index (χ4v) is 3.94. The lowest BCUT2D eigenvalue weighted by Crippen LogP contribution is -2.51. The first kappa shape index (κ1) is 22.5. The number of piperazine rings is 1. The first-order chi connectivity index (χ1) is 15.0. The third-order valence-electron chi connectivity index (χ3n) is 5.64. The molecule has 0 saturated carbocycles. The van der Waals surface area contributed by atoms with Crippen LogP contribution in [0.5, 0.6) is 0 Å². The van der Waals surface area contributed by atoms with Gasteiger partial charge < -0.3 is 15.1 Å². The number of carbonyl (C=O) groups is 3. The smallest absolute Gasteiger partial charge is 0.225 e. The zero-order chi connectivity index (χ0) is 22.1. The first-order valence-corrected chi connectivity index (χ1v) is 10.9. The van der Waals surface area contributed by atoms with E-state index in [9.17, 15) is 14.4 Å². The van der Waals surface area contributed by atoms with Gasteiger partial charge in [0.25, 0.3) is 0 Å². The molecule has 164 valence electrons. The van der Waals surface area contributed by atoms with Crippen LogP contribution in [0.3, 0.4) is 0 Å². The van der Waals surface area contributed by atoms with Crippen LogP contribution in [0.25, 0.3) is 0 Å². The van der Waals surface area contributed by atoms with Crippen molar-refractivity contribution < 1.29 is 14.4 Å². The van der Waals surface area contributed by atoms with Gasteiger partial charge in [-0.25, -0.2) is 0 Å². The average molecular weight is 422 g/mol. The highest BCUT2D eigenvalue weighted by atomic mass is 16.2. The molecule has 1 unspecified atom stereocenters.